The van der Waals surface area contributed by atoms with E-state index in [1.807, 2.05) is 18.2 Å². The lowest BCUT2D eigenvalue weighted by molar-refractivity contribution is 0.422. The Labute approximate surface area is 114 Å². The Balaban J connectivity index is 1.74. The van der Waals surface area contributed by atoms with Crippen molar-refractivity contribution >= 4 is 10.0 Å². The molecule has 6 heteroatoms. The van der Waals surface area contributed by atoms with Crippen molar-refractivity contribution in [3.05, 3.63) is 30.1 Å². The molecule has 2 heterocycles. The molecule has 2 N–H and O–H groups in total. The van der Waals surface area contributed by atoms with Gasteiger partial charge in [0.1, 0.15) is 0 Å². The minimum atomic E-state index is -3.19. The van der Waals surface area contributed by atoms with Crippen LogP contribution in [0.2, 0.25) is 0 Å². The Morgan fingerprint density at radius 3 is 2.95 bits per heavy atom. The molecule has 1 aliphatic heterocycles. The summed E-state index contributed by atoms with van der Waals surface area (Å²) in [4.78, 5) is 4.17. The number of sulfonamides is 1. The van der Waals surface area contributed by atoms with Gasteiger partial charge >= 0.3 is 0 Å². The molecule has 1 aromatic heterocycles. The summed E-state index contributed by atoms with van der Waals surface area (Å²) < 4.78 is 26.5. The Bertz CT molecular complexity index is 470. The van der Waals surface area contributed by atoms with Crippen LogP contribution in [0, 0.1) is 0 Å². The third-order valence-electron chi connectivity index (χ3n) is 3.26. The van der Waals surface area contributed by atoms with Gasteiger partial charge < -0.3 is 5.32 Å². The molecule has 0 saturated carbocycles. The number of rotatable bonds is 6. The highest BCUT2D eigenvalue weighted by Crippen LogP contribution is 2.08. The molecule has 0 spiro atoms. The molecule has 0 bridgehead atoms. The molecule has 0 radical (unpaired) electrons. The summed E-state index contributed by atoms with van der Waals surface area (Å²) in [6, 6.07) is 5.75. The molecule has 2 rings (SSSR count). The first kappa shape index (κ1) is 14.4. The average molecular weight is 283 g/mol. The topological polar surface area (TPSA) is 71.1 Å². The average Bonchev–Trinajstić information content (AvgIpc) is 2.40. The lowest BCUT2D eigenvalue weighted by atomic mass is 10.1. The molecule has 1 fully saturated rings. The van der Waals surface area contributed by atoms with Crippen LogP contribution in [0.3, 0.4) is 0 Å². The summed E-state index contributed by atoms with van der Waals surface area (Å²) in [5.41, 5.74) is 0.904. The standard InChI is InChI=1S/C13H21N3O2S/c17-19(18,11-13-6-2-4-9-15-13)16-10-7-12-5-1-3-8-14-12/h1,3,5,8,13,15-16H,2,4,6-7,9-11H2. The summed E-state index contributed by atoms with van der Waals surface area (Å²) >= 11 is 0. The molecular formula is C13H21N3O2S. The number of aromatic nitrogens is 1. The molecule has 1 atom stereocenters. The van der Waals surface area contributed by atoms with Gasteiger partial charge in [-0.3, -0.25) is 4.98 Å². The second-order valence-corrected chi connectivity index (χ2v) is 6.75. The summed E-state index contributed by atoms with van der Waals surface area (Å²) in [6.07, 6.45) is 5.54. The molecule has 0 aromatic carbocycles. The lowest BCUT2D eigenvalue weighted by Crippen LogP contribution is -2.43. The second kappa shape index (κ2) is 6.98. The van der Waals surface area contributed by atoms with E-state index < -0.39 is 10.0 Å². The molecular weight excluding hydrogens is 262 g/mol. The lowest BCUT2D eigenvalue weighted by Gasteiger charge is -2.23. The zero-order valence-corrected chi connectivity index (χ0v) is 11.8. The van der Waals surface area contributed by atoms with E-state index in [-0.39, 0.29) is 11.8 Å². The molecule has 0 aliphatic carbocycles. The van der Waals surface area contributed by atoms with Crippen molar-refractivity contribution in [3.8, 4) is 0 Å². The second-order valence-electron chi connectivity index (χ2n) is 4.89. The number of piperidine rings is 1. The summed E-state index contributed by atoms with van der Waals surface area (Å²) in [6.45, 7) is 1.33. The van der Waals surface area contributed by atoms with Crippen molar-refractivity contribution in [2.75, 3.05) is 18.8 Å². The van der Waals surface area contributed by atoms with E-state index in [2.05, 4.69) is 15.0 Å². The molecule has 0 amide bonds. The molecule has 106 valence electrons. The quantitative estimate of drug-likeness (QED) is 0.805. The molecule has 1 unspecified atom stereocenters. The van der Waals surface area contributed by atoms with Gasteiger partial charge in [-0.2, -0.15) is 0 Å². The van der Waals surface area contributed by atoms with Crippen molar-refractivity contribution in [1.82, 2.24) is 15.0 Å². The van der Waals surface area contributed by atoms with Crippen LogP contribution in [0.1, 0.15) is 25.0 Å². The summed E-state index contributed by atoms with van der Waals surface area (Å²) in [7, 11) is -3.19. The zero-order chi connectivity index (χ0) is 13.6. The first-order valence-corrected chi connectivity index (χ1v) is 8.41. The minimum absolute atomic E-state index is 0.0982. The SMILES string of the molecule is O=S(=O)(CC1CCCCN1)NCCc1ccccn1. The maximum absolute atomic E-state index is 11.9. The Morgan fingerprint density at radius 2 is 2.26 bits per heavy atom. The predicted octanol–water partition coefficient (Wildman–Crippen LogP) is 0.686. The van der Waals surface area contributed by atoms with E-state index in [9.17, 15) is 8.42 Å². The van der Waals surface area contributed by atoms with E-state index in [1.54, 1.807) is 6.20 Å². The maximum Gasteiger partial charge on any atom is 0.213 e. The van der Waals surface area contributed by atoms with Gasteiger partial charge in [0.15, 0.2) is 0 Å². The Hall–Kier alpha value is -0.980. The number of nitrogens with one attached hydrogen (secondary N) is 2. The van der Waals surface area contributed by atoms with Crippen LogP contribution in [0.4, 0.5) is 0 Å². The Kier molecular flexibility index (Phi) is 5.30. The normalized spacial score (nSPS) is 20.3. The predicted molar refractivity (Wildman–Crippen MR) is 75.4 cm³/mol. The highest BCUT2D eigenvalue weighted by atomic mass is 32.2. The van der Waals surface area contributed by atoms with E-state index in [0.717, 1.165) is 31.5 Å². The van der Waals surface area contributed by atoms with E-state index in [4.69, 9.17) is 0 Å². The molecule has 1 aliphatic rings. The van der Waals surface area contributed by atoms with Crippen LogP contribution in [0.15, 0.2) is 24.4 Å². The zero-order valence-electron chi connectivity index (χ0n) is 11.0. The van der Waals surface area contributed by atoms with Gasteiger partial charge in [0.25, 0.3) is 0 Å². The van der Waals surface area contributed by atoms with Gasteiger partial charge in [0.05, 0.1) is 5.75 Å². The largest absolute Gasteiger partial charge is 0.313 e. The molecule has 5 nitrogen and oxygen atoms in total. The van der Waals surface area contributed by atoms with Gasteiger partial charge in [0, 0.05) is 30.9 Å². The maximum atomic E-state index is 11.9. The van der Waals surface area contributed by atoms with Crippen molar-refractivity contribution in [2.45, 2.75) is 31.7 Å². The third-order valence-corrected chi connectivity index (χ3v) is 4.75. The van der Waals surface area contributed by atoms with Crippen LogP contribution < -0.4 is 10.0 Å². The monoisotopic (exact) mass is 283 g/mol. The van der Waals surface area contributed by atoms with Crippen molar-refractivity contribution in [2.24, 2.45) is 0 Å². The van der Waals surface area contributed by atoms with Gasteiger partial charge in [-0.15, -0.1) is 0 Å². The fourth-order valence-electron chi connectivity index (χ4n) is 2.27. The fraction of sp³-hybridized carbons (Fsp3) is 0.615. The van der Waals surface area contributed by atoms with E-state index in [1.165, 1.54) is 0 Å². The number of pyridine rings is 1. The van der Waals surface area contributed by atoms with Gasteiger partial charge in [0.2, 0.25) is 10.0 Å². The highest BCUT2D eigenvalue weighted by Gasteiger charge is 2.20. The van der Waals surface area contributed by atoms with E-state index >= 15 is 0 Å². The van der Waals surface area contributed by atoms with Crippen LogP contribution >= 0.6 is 0 Å². The van der Waals surface area contributed by atoms with Crippen molar-refractivity contribution in [1.29, 1.82) is 0 Å². The fourth-order valence-corrected chi connectivity index (χ4v) is 3.62. The molecule has 1 saturated heterocycles. The summed E-state index contributed by atoms with van der Waals surface area (Å²) in [5, 5.41) is 3.25. The minimum Gasteiger partial charge on any atom is -0.313 e. The van der Waals surface area contributed by atoms with Crippen LogP contribution in [0.25, 0.3) is 0 Å². The van der Waals surface area contributed by atoms with Crippen LogP contribution in [0.5, 0.6) is 0 Å². The van der Waals surface area contributed by atoms with Crippen LogP contribution in [-0.2, 0) is 16.4 Å². The molecule has 1 aromatic rings. The first-order chi connectivity index (χ1) is 9.16. The van der Waals surface area contributed by atoms with E-state index in [0.29, 0.717) is 13.0 Å². The van der Waals surface area contributed by atoms with Crippen molar-refractivity contribution in [3.63, 3.8) is 0 Å². The number of hydrogen-bond acceptors (Lipinski definition) is 4. The molecule has 19 heavy (non-hydrogen) atoms. The number of hydrogen-bond donors (Lipinski definition) is 2. The van der Waals surface area contributed by atoms with Gasteiger partial charge in [-0.1, -0.05) is 12.5 Å². The van der Waals surface area contributed by atoms with Gasteiger partial charge in [-0.25, -0.2) is 13.1 Å². The summed E-state index contributed by atoms with van der Waals surface area (Å²) in [5.74, 6) is 0.176. The van der Waals surface area contributed by atoms with Crippen molar-refractivity contribution < 1.29 is 8.42 Å². The third kappa shape index (κ3) is 5.26. The highest BCUT2D eigenvalue weighted by molar-refractivity contribution is 7.89. The Morgan fingerprint density at radius 1 is 1.37 bits per heavy atom. The number of nitrogens with zero attached hydrogens (tertiary/aromatic N) is 1. The van der Waals surface area contributed by atoms with Gasteiger partial charge in [-0.05, 0) is 31.5 Å². The first-order valence-electron chi connectivity index (χ1n) is 6.76. The van der Waals surface area contributed by atoms with Crippen LogP contribution in [-0.4, -0.2) is 38.3 Å². The smallest absolute Gasteiger partial charge is 0.213 e.